The molecule has 0 aliphatic heterocycles. The molecule has 3 heterocycles. The molecule has 0 saturated heterocycles. The standard InChI is InChI=1S/C22H18N6O2S3/c1-13-18(14(2)30-28-13)12-31-20-17(4-3-9-24-20)19(29)25-21-26-27-22(33-21)32-11-16-7-5-15(10-23)6-8-16/h3-9H,11-12H2,1-2H3,(H,25,26,29). The average molecular weight is 495 g/mol. The number of benzene rings is 1. The van der Waals surface area contributed by atoms with Gasteiger partial charge >= 0.3 is 0 Å². The van der Waals surface area contributed by atoms with Gasteiger partial charge in [-0.25, -0.2) is 4.98 Å². The summed E-state index contributed by atoms with van der Waals surface area (Å²) in [6.07, 6.45) is 1.66. The molecule has 4 aromatic rings. The van der Waals surface area contributed by atoms with Crippen LogP contribution in [0.25, 0.3) is 0 Å². The van der Waals surface area contributed by atoms with Crippen molar-refractivity contribution in [1.82, 2.24) is 20.3 Å². The van der Waals surface area contributed by atoms with E-state index in [1.54, 1.807) is 30.5 Å². The van der Waals surface area contributed by atoms with Crippen molar-refractivity contribution >= 4 is 45.9 Å². The molecule has 0 bridgehead atoms. The van der Waals surface area contributed by atoms with Crippen LogP contribution in [0.15, 0.2) is 56.5 Å². The van der Waals surface area contributed by atoms with Crippen molar-refractivity contribution in [1.29, 1.82) is 5.26 Å². The predicted octanol–water partition coefficient (Wildman–Crippen LogP) is 5.25. The molecular weight excluding hydrogens is 476 g/mol. The van der Waals surface area contributed by atoms with Crippen LogP contribution in [-0.2, 0) is 11.5 Å². The fraction of sp³-hybridized carbons (Fsp3) is 0.182. The monoisotopic (exact) mass is 494 g/mol. The van der Waals surface area contributed by atoms with Gasteiger partial charge in [0, 0.05) is 23.3 Å². The topological polar surface area (TPSA) is 118 Å². The molecule has 3 aromatic heterocycles. The molecule has 1 amide bonds. The van der Waals surface area contributed by atoms with Crippen LogP contribution >= 0.6 is 34.9 Å². The number of carbonyl (C=O) groups is 1. The SMILES string of the molecule is Cc1noc(C)c1CSc1ncccc1C(=O)Nc1nnc(SCc2ccc(C#N)cc2)s1. The fourth-order valence-corrected chi connectivity index (χ4v) is 5.68. The molecule has 1 aromatic carbocycles. The van der Waals surface area contributed by atoms with E-state index in [9.17, 15) is 4.79 Å². The summed E-state index contributed by atoms with van der Waals surface area (Å²) in [5.41, 5.74) is 4.02. The smallest absolute Gasteiger partial charge is 0.260 e. The van der Waals surface area contributed by atoms with Gasteiger partial charge in [0.25, 0.3) is 5.91 Å². The van der Waals surface area contributed by atoms with Crippen molar-refractivity contribution in [3.63, 3.8) is 0 Å². The van der Waals surface area contributed by atoms with Crippen LogP contribution < -0.4 is 5.32 Å². The molecule has 11 heteroatoms. The summed E-state index contributed by atoms with van der Waals surface area (Å²) in [5, 5.41) is 25.0. The van der Waals surface area contributed by atoms with E-state index in [2.05, 4.69) is 31.7 Å². The highest BCUT2D eigenvalue weighted by Gasteiger charge is 2.17. The maximum Gasteiger partial charge on any atom is 0.260 e. The molecule has 0 saturated carbocycles. The third-order valence-corrected chi connectivity index (χ3v) is 7.70. The largest absolute Gasteiger partial charge is 0.361 e. The van der Waals surface area contributed by atoms with Crippen LogP contribution in [0.2, 0.25) is 0 Å². The minimum absolute atomic E-state index is 0.288. The summed E-state index contributed by atoms with van der Waals surface area (Å²) >= 11 is 4.29. The number of nitrogens with one attached hydrogen (secondary N) is 1. The molecule has 0 radical (unpaired) electrons. The normalized spacial score (nSPS) is 10.7. The van der Waals surface area contributed by atoms with E-state index >= 15 is 0 Å². The van der Waals surface area contributed by atoms with E-state index in [4.69, 9.17) is 9.78 Å². The Labute approximate surface area is 202 Å². The quantitative estimate of drug-likeness (QED) is 0.259. The van der Waals surface area contributed by atoms with Gasteiger partial charge in [0.1, 0.15) is 10.8 Å². The molecule has 0 unspecified atom stereocenters. The second-order valence-electron chi connectivity index (χ2n) is 6.87. The van der Waals surface area contributed by atoms with E-state index in [0.29, 0.717) is 32.8 Å². The molecule has 0 fully saturated rings. The summed E-state index contributed by atoms with van der Waals surface area (Å²) < 4.78 is 5.95. The lowest BCUT2D eigenvalue weighted by molar-refractivity contribution is 0.102. The first-order chi connectivity index (χ1) is 16.0. The van der Waals surface area contributed by atoms with E-state index in [-0.39, 0.29) is 5.91 Å². The number of aryl methyl sites for hydroxylation is 2. The lowest BCUT2D eigenvalue weighted by Gasteiger charge is -2.07. The Balaban J connectivity index is 1.37. The highest BCUT2D eigenvalue weighted by atomic mass is 32.2. The molecular formula is C22H18N6O2S3. The highest BCUT2D eigenvalue weighted by molar-refractivity contribution is 8.00. The zero-order valence-corrected chi connectivity index (χ0v) is 20.2. The molecule has 8 nitrogen and oxygen atoms in total. The maximum absolute atomic E-state index is 12.9. The average Bonchev–Trinajstić information content (AvgIpc) is 3.42. The number of nitrogens with zero attached hydrogens (tertiary/aromatic N) is 5. The number of thioether (sulfide) groups is 2. The minimum atomic E-state index is -0.288. The minimum Gasteiger partial charge on any atom is -0.361 e. The first kappa shape index (κ1) is 23.0. The Kier molecular flexibility index (Phi) is 7.39. The summed E-state index contributed by atoms with van der Waals surface area (Å²) in [4.78, 5) is 17.3. The molecule has 0 atom stereocenters. The maximum atomic E-state index is 12.9. The Morgan fingerprint density at radius 2 is 1.97 bits per heavy atom. The number of aromatic nitrogens is 4. The summed E-state index contributed by atoms with van der Waals surface area (Å²) in [6, 6.07) is 13.0. The summed E-state index contributed by atoms with van der Waals surface area (Å²) in [5.74, 6) is 1.78. The van der Waals surface area contributed by atoms with Gasteiger partial charge < -0.3 is 4.52 Å². The number of nitriles is 1. The van der Waals surface area contributed by atoms with Crippen molar-refractivity contribution in [2.75, 3.05) is 5.32 Å². The van der Waals surface area contributed by atoms with E-state index in [0.717, 1.165) is 26.9 Å². The Morgan fingerprint density at radius 1 is 1.15 bits per heavy atom. The van der Waals surface area contributed by atoms with E-state index < -0.39 is 0 Å². The summed E-state index contributed by atoms with van der Waals surface area (Å²) in [7, 11) is 0. The van der Waals surface area contributed by atoms with Gasteiger partial charge in [-0.2, -0.15) is 5.26 Å². The molecule has 4 rings (SSSR count). The Morgan fingerprint density at radius 3 is 2.70 bits per heavy atom. The van der Waals surface area contributed by atoms with Crippen molar-refractivity contribution in [2.24, 2.45) is 0 Å². The predicted molar refractivity (Wildman–Crippen MR) is 128 cm³/mol. The van der Waals surface area contributed by atoms with Crippen LogP contribution in [0.5, 0.6) is 0 Å². The molecule has 1 N–H and O–H groups in total. The molecule has 166 valence electrons. The molecule has 0 spiro atoms. The van der Waals surface area contributed by atoms with Crippen molar-refractivity contribution in [3.05, 3.63) is 76.3 Å². The second kappa shape index (κ2) is 10.6. The lowest BCUT2D eigenvalue weighted by atomic mass is 10.2. The number of carbonyl (C=O) groups excluding carboxylic acids is 1. The number of hydrogen-bond donors (Lipinski definition) is 1. The number of amides is 1. The highest BCUT2D eigenvalue weighted by Crippen LogP contribution is 2.30. The third kappa shape index (κ3) is 5.78. The van der Waals surface area contributed by atoms with E-state index in [1.165, 1.54) is 34.9 Å². The molecule has 0 aliphatic carbocycles. The lowest BCUT2D eigenvalue weighted by Crippen LogP contribution is -2.13. The van der Waals surface area contributed by atoms with Gasteiger partial charge in [0.15, 0.2) is 4.34 Å². The van der Waals surface area contributed by atoms with Crippen LogP contribution in [0, 0.1) is 25.2 Å². The van der Waals surface area contributed by atoms with Gasteiger partial charge in [-0.3, -0.25) is 10.1 Å². The van der Waals surface area contributed by atoms with Gasteiger partial charge in [-0.1, -0.05) is 40.4 Å². The van der Waals surface area contributed by atoms with Crippen LogP contribution in [0.4, 0.5) is 5.13 Å². The Bertz CT molecular complexity index is 1290. The second-order valence-corrected chi connectivity index (χ2v) is 10.0. The van der Waals surface area contributed by atoms with Crippen LogP contribution in [0.1, 0.15) is 38.5 Å². The third-order valence-electron chi connectivity index (χ3n) is 4.62. The zero-order valence-electron chi connectivity index (χ0n) is 17.7. The van der Waals surface area contributed by atoms with E-state index in [1.807, 2.05) is 26.0 Å². The van der Waals surface area contributed by atoms with Gasteiger partial charge in [-0.05, 0) is 43.7 Å². The Hall–Kier alpha value is -3.20. The summed E-state index contributed by atoms with van der Waals surface area (Å²) in [6.45, 7) is 3.76. The van der Waals surface area contributed by atoms with Crippen molar-refractivity contribution < 1.29 is 9.32 Å². The number of anilines is 1. The molecule has 0 aliphatic rings. The number of pyridine rings is 1. The van der Waals surface area contributed by atoms with Gasteiger partial charge in [0.05, 0.1) is 22.9 Å². The first-order valence-corrected chi connectivity index (χ1v) is 12.6. The number of hydrogen-bond acceptors (Lipinski definition) is 10. The van der Waals surface area contributed by atoms with Crippen LogP contribution in [0.3, 0.4) is 0 Å². The van der Waals surface area contributed by atoms with Gasteiger partial charge in [-0.15, -0.1) is 22.0 Å². The number of rotatable bonds is 8. The first-order valence-electron chi connectivity index (χ1n) is 9.79. The fourth-order valence-electron chi connectivity index (χ4n) is 2.83. The van der Waals surface area contributed by atoms with Crippen LogP contribution in [-0.4, -0.2) is 26.2 Å². The zero-order chi connectivity index (χ0) is 23.2. The van der Waals surface area contributed by atoms with Crippen molar-refractivity contribution in [2.45, 2.75) is 34.7 Å². The molecule has 33 heavy (non-hydrogen) atoms. The van der Waals surface area contributed by atoms with Crippen molar-refractivity contribution in [3.8, 4) is 6.07 Å². The van der Waals surface area contributed by atoms with Gasteiger partial charge in [0.2, 0.25) is 5.13 Å².